The Kier molecular flexibility index (Phi) is 8.31. The Balaban J connectivity index is 2.29. The SMILES string of the molecule is CCCCN(CCCC)CCCc1cccc(N)c1. The van der Waals surface area contributed by atoms with E-state index in [4.69, 9.17) is 5.73 Å². The van der Waals surface area contributed by atoms with Crippen molar-refractivity contribution in [3.05, 3.63) is 29.8 Å². The molecular weight excluding hydrogens is 232 g/mol. The summed E-state index contributed by atoms with van der Waals surface area (Å²) in [6.07, 6.45) is 7.59. The van der Waals surface area contributed by atoms with Crippen LogP contribution in [-0.4, -0.2) is 24.5 Å². The molecular formula is C17H30N2. The van der Waals surface area contributed by atoms with E-state index in [2.05, 4.69) is 36.9 Å². The van der Waals surface area contributed by atoms with E-state index in [-0.39, 0.29) is 0 Å². The highest BCUT2D eigenvalue weighted by atomic mass is 15.1. The molecule has 2 nitrogen and oxygen atoms in total. The molecule has 0 aliphatic carbocycles. The minimum Gasteiger partial charge on any atom is -0.399 e. The molecule has 0 atom stereocenters. The molecule has 0 radical (unpaired) electrons. The van der Waals surface area contributed by atoms with E-state index in [1.165, 1.54) is 57.3 Å². The summed E-state index contributed by atoms with van der Waals surface area (Å²) in [4.78, 5) is 2.62. The van der Waals surface area contributed by atoms with E-state index in [1.54, 1.807) is 0 Å². The van der Waals surface area contributed by atoms with Gasteiger partial charge in [-0.1, -0.05) is 38.8 Å². The first-order valence-corrected chi connectivity index (χ1v) is 7.83. The third-order valence-electron chi connectivity index (χ3n) is 3.55. The van der Waals surface area contributed by atoms with Gasteiger partial charge in [-0.15, -0.1) is 0 Å². The van der Waals surface area contributed by atoms with Crippen molar-refractivity contribution in [3.63, 3.8) is 0 Å². The van der Waals surface area contributed by atoms with Crippen LogP contribution in [0.2, 0.25) is 0 Å². The fourth-order valence-electron chi connectivity index (χ4n) is 2.35. The number of unbranched alkanes of at least 4 members (excludes halogenated alkanes) is 2. The minimum atomic E-state index is 0.881. The van der Waals surface area contributed by atoms with E-state index in [0.29, 0.717) is 0 Å². The number of nitrogens with zero attached hydrogens (tertiary/aromatic N) is 1. The average molecular weight is 262 g/mol. The number of aryl methyl sites for hydroxylation is 1. The van der Waals surface area contributed by atoms with Crippen molar-refractivity contribution in [1.29, 1.82) is 0 Å². The summed E-state index contributed by atoms with van der Waals surface area (Å²) in [7, 11) is 0. The maximum Gasteiger partial charge on any atom is 0.0316 e. The first kappa shape index (κ1) is 16.0. The summed E-state index contributed by atoms with van der Waals surface area (Å²) >= 11 is 0. The van der Waals surface area contributed by atoms with Crippen LogP contribution in [0, 0.1) is 0 Å². The fourth-order valence-corrected chi connectivity index (χ4v) is 2.35. The second-order valence-corrected chi connectivity index (χ2v) is 5.40. The van der Waals surface area contributed by atoms with E-state index >= 15 is 0 Å². The Hall–Kier alpha value is -1.02. The molecule has 0 fully saturated rings. The summed E-state index contributed by atoms with van der Waals surface area (Å²) in [5, 5.41) is 0. The summed E-state index contributed by atoms with van der Waals surface area (Å²) in [5.41, 5.74) is 8.06. The first-order valence-electron chi connectivity index (χ1n) is 7.83. The van der Waals surface area contributed by atoms with E-state index < -0.39 is 0 Å². The Morgan fingerprint density at radius 2 is 1.58 bits per heavy atom. The summed E-state index contributed by atoms with van der Waals surface area (Å²) in [5.74, 6) is 0. The second-order valence-electron chi connectivity index (χ2n) is 5.40. The standard InChI is InChI=1S/C17H30N2/c1-3-5-12-19(13-6-4-2)14-8-10-16-9-7-11-17(18)15-16/h7,9,11,15H,3-6,8,10,12-14,18H2,1-2H3. The van der Waals surface area contributed by atoms with Gasteiger partial charge in [0.05, 0.1) is 0 Å². The number of hydrogen-bond donors (Lipinski definition) is 1. The number of anilines is 1. The predicted molar refractivity (Wildman–Crippen MR) is 85.4 cm³/mol. The van der Waals surface area contributed by atoms with E-state index in [9.17, 15) is 0 Å². The van der Waals surface area contributed by atoms with Crippen LogP contribution in [0.1, 0.15) is 51.5 Å². The topological polar surface area (TPSA) is 29.3 Å². The molecule has 2 heteroatoms. The van der Waals surface area contributed by atoms with Gasteiger partial charge in [0.15, 0.2) is 0 Å². The van der Waals surface area contributed by atoms with Gasteiger partial charge in [-0.25, -0.2) is 0 Å². The van der Waals surface area contributed by atoms with E-state index in [1.807, 2.05) is 6.07 Å². The van der Waals surface area contributed by atoms with Crippen LogP contribution in [0.15, 0.2) is 24.3 Å². The largest absolute Gasteiger partial charge is 0.399 e. The van der Waals surface area contributed by atoms with Crippen LogP contribution in [0.4, 0.5) is 5.69 Å². The molecule has 0 saturated heterocycles. The second kappa shape index (κ2) is 9.85. The van der Waals surface area contributed by atoms with Crippen LogP contribution < -0.4 is 5.73 Å². The molecule has 1 aromatic carbocycles. The van der Waals surface area contributed by atoms with Gasteiger partial charge in [-0.3, -0.25) is 0 Å². The van der Waals surface area contributed by atoms with Crippen molar-refractivity contribution >= 4 is 5.69 Å². The molecule has 0 spiro atoms. The smallest absolute Gasteiger partial charge is 0.0316 e. The van der Waals surface area contributed by atoms with Gasteiger partial charge in [0.25, 0.3) is 0 Å². The molecule has 108 valence electrons. The van der Waals surface area contributed by atoms with Gasteiger partial charge in [0.2, 0.25) is 0 Å². The molecule has 0 saturated carbocycles. The van der Waals surface area contributed by atoms with Crippen LogP contribution in [0.3, 0.4) is 0 Å². The molecule has 0 aliphatic rings. The Morgan fingerprint density at radius 1 is 0.947 bits per heavy atom. The third kappa shape index (κ3) is 7.22. The first-order chi connectivity index (χ1) is 9.26. The van der Waals surface area contributed by atoms with Crippen molar-refractivity contribution in [2.24, 2.45) is 0 Å². The molecule has 0 aliphatic heterocycles. The van der Waals surface area contributed by atoms with Crippen molar-refractivity contribution in [2.45, 2.75) is 52.4 Å². The quantitative estimate of drug-likeness (QED) is 0.643. The molecule has 0 aromatic heterocycles. The maximum atomic E-state index is 5.81. The fraction of sp³-hybridized carbons (Fsp3) is 0.647. The zero-order chi connectivity index (χ0) is 13.9. The summed E-state index contributed by atoms with van der Waals surface area (Å²) in [6, 6.07) is 8.29. The lowest BCUT2D eigenvalue weighted by Gasteiger charge is -2.21. The highest BCUT2D eigenvalue weighted by Gasteiger charge is 2.04. The lowest BCUT2D eigenvalue weighted by molar-refractivity contribution is 0.262. The predicted octanol–water partition coefficient (Wildman–Crippen LogP) is 4.10. The zero-order valence-corrected chi connectivity index (χ0v) is 12.7. The number of nitrogens with two attached hydrogens (primary N) is 1. The molecule has 0 bridgehead atoms. The van der Waals surface area contributed by atoms with Crippen LogP contribution >= 0.6 is 0 Å². The normalized spacial score (nSPS) is 11.1. The van der Waals surface area contributed by atoms with Crippen molar-refractivity contribution in [1.82, 2.24) is 4.90 Å². The number of nitrogen functional groups attached to an aromatic ring is 1. The van der Waals surface area contributed by atoms with Gasteiger partial charge < -0.3 is 10.6 Å². The average Bonchev–Trinajstić information content (AvgIpc) is 2.41. The molecule has 0 amide bonds. The van der Waals surface area contributed by atoms with E-state index in [0.717, 1.165) is 12.1 Å². The van der Waals surface area contributed by atoms with Crippen LogP contribution in [-0.2, 0) is 6.42 Å². The van der Waals surface area contributed by atoms with Crippen LogP contribution in [0.25, 0.3) is 0 Å². The number of hydrogen-bond acceptors (Lipinski definition) is 2. The Bertz CT molecular complexity index is 328. The summed E-state index contributed by atoms with van der Waals surface area (Å²) < 4.78 is 0. The highest BCUT2D eigenvalue weighted by molar-refractivity contribution is 5.40. The van der Waals surface area contributed by atoms with Gasteiger partial charge in [0.1, 0.15) is 0 Å². The lowest BCUT2D eigenvalue weighted by atomic mass is 10.1. The van der Waals surface area contributed by atoms with Gasteiger partial charge in [-0.05, 0) is 63.0 Å². The molecule has 2 N–H and O–H groups in total. The molecule has 1 aromatic rings. The van der Waals surface area contributed by atoms with Gasteiger partial charge in [0, 0.05) is 5.69 Å². The minimum absolute atomic E-state index is 0.881. The third-order valence-corrected chi connectivity index (χ3v) is 3.55. The Labute approximate surface area is 119 Å². The van der Waals surface area contributed by atoms with Gasteiger partial charge >= 0.3 is 0 Å². The molecule has 0 unspecified atom stereocenters. The summed E-state index contributed by atoms with van der Waals surface area (Å²) in [6.45, 7) is 8.27. The molecule has 1 rings (SSSR count). The zero-order valence-electron chi connectivity index (χ0n) is 12.7. The highest BCUT2D eigenvalue weighted by Crippen LogP contribution is 2.09. The number of benzene rings is 1. The molecule has 0 heterocycles. The van der Waals surface area contributed by atoms with Crippen LogP contribution in [0.5, 0.6) is 0 Å². The monoisotopic (exact) mass is 262 g/mol. The Morgan fingerprint density at radius 3 is 2.16 bits per heavy atom. The molecule has 19 heavy (non-hydrogen) atoms. The maximum absolute atomic E-state index is 5.81. The lowest BCUT2D eigenvalue weighted by Crippen LogP contribution is -2.27. The van der Waals surface area contributed by atoms with Crippen molar-refractivity contribution in [2.75, 3.05) is 25.4 Å². The van der Waals surface area contributed by atoms with Crippen molar-refractivity contribution < 1.29 is 0 Å². The van der Waals surface area contributed by atoms with Crippen molar-refractivity contribution in [3.8, 4) is 0 Å². The van der Waals surface area contributed by atoms with Gasteiger partial charge in [-0.2, -0.15) is 0 Å². The number of rotatable bonds is 10.